The Morgan fingerprint density at radius 1 is 0.387 bits per heavy atom. The number of carbonyl (C=O) groups excluding carboxylic acids is 2. The molecule has 352 valence electrons. The molecule has 0 aliphatic carbocycles. The molecule has 0 bridgehead atoms. The van der Waals surface area contributed by atoms with Crippen LogP contribution in [0.5, 0.6) is 0 Å². The number of allylic oxidation sites excluding steroid dienone is 18. The maximum atomic E-state index is 12.3. The molecule has 0 rings (SSSR count). The Kier molecular flexibility index (Phi) is 49.0. The molecule has 0 amide bonds. The van der Waals surface area contributed by atoms with Gasteiger partial charge in [-0.15, -0.1) is 0 Å². The molecule has 0 aromatic carbocycles. The first-order chi connectivity index (χ1) is 30.6. The highest BCUT2D eigenvalue weighted by Crippen LogP contribution is 2.14. The molecular weight excluding hydrogens is 765 g/mol. The van der Waals surface area contributed by atoms with Gasteiger partial charge in [0.15, 0.2) is 6.10 Å². The number of rotatable bonds is 45. The Labute approximate surface area is 382 Å². The van der Waals surface area contributed by atoms with Crippen molar-refractivity contribution in [2.24, 2.45) is 0 Å². The Morgan fingerprint density at radius 3 is 1.05 bits per heavy atom. The van der Waals surface area contributed by atoms with Crippen LogP contribution in [-0.4, -0.2) is 36.4 Å². The summed E-state index contributed by atoms with van der Waals surface area (Å²) in [5.41, 5.74) is 0. The van der Waals surface area contributed by atoms with Crippen LogP contribution in [0.2, 0.25) is 0 Å². The summed E-state index contributed by atoms with van der Waals surface area (Å²) in [6, 6.07) is 0. The molecule has 0 spiro atoms. The fourth-order valence-electron chi connectivity index (χ4n) is 6.78. The number of hydrogen-bond acceptors (Lipinski definition) is 5. The summed E-state index contributed by atoms with van der Waals surface area (Å²) < 4.78 is 10.6. The molecule has 0 aromatic rings. The average molecular weight is 859 g/mol. The lowest BCUT2D eigenvalue weighted by molar-refractivity contribution is -0.161. The van der Waals surface area contributed by atoms with Gasteiger partial charge < -0.3 is 14.6 Å². The highest BCUT2D eigenvalue weighted by Gasteiger charge is 2.16. The molecule has 1 unspecified atom stereocenters. The zero-order chi connectivity index (χ0) is 44.9. The number of aliphatic hydroxyl groups excluding tert-OH is 1. The summed E-state index contributed by atoms with van der Waals surface area (Å²) in [5, 5.41) is 9.61. The van der Waals surface area contributed by atoms with Gasteiger partial charge in [0.25, 0.3) is 0 Å². The minimum Gasteiger partial charge on any atom is -0.462 e. The molecule has 0 aliphatic rings. The molecule has 0 saturated carbocycles. The van der Waals surface area contributed by atoms with Crippen LogP contribution in [0.15, 0.2) is 109 Å². The van der Waals surface area contributed by atoms with E-state index in [1.807, 2.05) is 0 Å². The van der Waals surface area contributed by atoms with E-state index in [2.05, 4.69) is 123 Å². The lowest BCUT2D eigenvalue weighted by atomic mass is 10.0. The van der Waals surface area contributed by atoms with Gasteiger partial charge in [-0.3, -0.25) is 9.59 Å². The molecule has 0 radical (unpaired) electrons. The summed E-state index contributed by atoms with van der Waals surface area (Å²) in [7, 11) is 0. The first kappa shape index (κ1) is 58.6. The van der Waals surface area contributed by atoms with Crippen LogP contribution in [0.1, 0.15) is 219 Å². The van der Waals surface area contributed by atoms with E-state index >= 15 is 0 Å². The third-order valence-electron chi connectivity index (χ3n) is 10.6. The maximum Gasteiger partial charge on any atom is 0.306 e. The summed E-state index contributed by atoms with van der Waals surface area (Å²) in [6.07, 6.45) is 74.6. The summed E-state index contributed by atoms with van der Waals surface area (Å²) in [6.45, 7) is 4.01. The summed E-state index contributed by atoms with van der Waals surface area (Å²) >= 11 is 0. The van der Waals surface area contributed by atoms with Crippen molar-refractivity contribution in [3.63, 3.8) is 0 Å². The molecule has 5 heteroatoms. The fourth-order valence-corrected chi connectivity index (χ4v) is 6.78. The van der Waals surface area contributed by atoms with Gasteiger partial charge in [-0.25, -0.2) is 0 Å². The SMILES string of the molecule is CC/C=C\C/C=C\C/C=C\C/C=C\C/C=C\C/C=C\C/C=C\C/C=C\C/C=C\CCCCCCCC(=O)OC(CO)COC(=O)CCCCCCCCCCCCCCCCC. The van der Waals surface area contributed by atoms with Crippen molar-refractivity contribution in [2.45, 2.75) is 225 Å². The van der Waals surface area contributed by atoms with E-state index in [-0.39, 0.29) is 25.2 Å². The van der Waals surface area contributed by atoms with Crippen molar-refractivity contribution in [2.75, 3.05) is 13.2 Å². The smallest absolute Gasteiger partial charge is 0.306 e. The monoisotopic (exact) mass is 859 g/mol. The zero-order valence-electron chi connectivity index (χ0n) is 40.1. The fraction of sp³-hybridized carbons (Fsp3) is 0.649. The maximum absolute atomic E-state index is 12.3. The van der Waals surface area contributed by atoms with E-state index in [1.165, 1.54) is 77.0 Å². The predicted octanol–water partition coefficient (Wildman–Crippen LogP) is 17.0. The van der Waals surface area contributed by atoms with E-state index in [0.29, 0.717) is 12.8 Å². The van der Waals surface area contributed by atoms with Crippen molar-refractivity contribution < 1.29 is 24.2 Å². The Bertz CT molecular complexity index is 1250. The van der Waals surface area contributed by atoms with Crippen LogP contribution in [0, 0.1) is 0 Å². The first-order valence-corrected chi connectivity index (χ1v) is 25.4. The normalized spacial score (nSPS) is 13.1. The van der Waals surface area contributed by atoms with Crippen LogP contribution in [0.3, 0.4) is 0 Å². The lowest BCUT2D eigenvalue weighted by Crippen LogP contribution is -2.28. The Hall–Kier alpha value is -3.44. The quantitative estimate of drug-likeness (QED) is 0.0375. The molecule has 0 heterocycles. The molecule has 0 saturated heterocycles. The van der Waals surface area contributed by atoms with Gasteiger partial charge in [0.05, 0.1) is 6.61 Å². The van der Waals surface area contributed by atoms with E-state index in [0.717, 1.165) is 116 Å². The minimum absolute atomic E-state index is 0.0775. The molecule has 0 aliphatic heterocycles. The molecule has 62 heavy (non-hydrogen) atoms. The number of unbranched alkanes of at least 4 members (excludes halogenated alkanes) is 19. The van der Waals surface area contributed by atoms with Gasteiger partial charge in [-0.05, 0) is 83.5 Å². The van der Waals surface area contributed by atoms with Crippen molar-refractivity contribution >= 4 is 11.9 Å². The van der Waals surface area contributed by atoms with Crippen molar-refractivity contribution in [1.29, 1.82) is 0 Å². The summed E-state index contributed by atoms with van der Waals surface area (Å²) in [5.74, 6) is -0.615. The number of esters is 2. The molecule has 0 aromatic heterocycles. The number of hydrogen-bond donors (Lipinski definition) is 1. The first-order valence-electron chi connectivity index (χ1n) is 25.4. The molecular formula is C57H94O5. The molecule has 1 N–H and O–H groups in total. The Balaban J connectivity index is 3.64. The third kappa shape index (κ3) is 49.2. The standard InChI is InChI=1S/C57H94O5/c1-3-5-7-9-11-13-15-17-19-20-21-22-23-24-25-26-27-28-29-30-31-32-33-34-35-36-38-40-42-44-46-48-50-52-57(60)62-55(53-58)54-61-56(59)51-49-47-45-43-41-39-37-18-16-14-12-10-8-6-4-2/h5,7,11,13,17,19,21-22,24-25,27-28,30-31,33-34,36,38,55,58H,3-4,6,8-10,12,14-16,18,20,23,26,29,32,35,37,39-54H2,1-2H3/b7-5-,13-11-,19-17-,22-21-,25-24-,28-27-,31-30-,34-33-,38-36-. The van der Waals surface area contributed by atoms with Crippen LogP contribution >= 0.6 is 0 Å². The van der Waals surface area contributed by atoms with E-state index in [4.69, 9.17) is 9.47 Å². The second-order valence-corrected chi connectivity index (χ2v) is 16.5. The van der Waals surface area contributed by atoms with Crippen LogP contribution in [-0.2, 0) is 19.1 Å². The van der Waals surface area contributed by atoms with Crippen molar-refractivity contribution in [3.05, 3.63) is 109 Å². The van der Waals surface area contributed by atoms with Gasteiger partial charge in [0.2, 0.25) is 0 Å². The molecule has 0 fully saturated rings. The second kappa shape index (κ2) is 51.9. The van der Waals surface area contributed by atoms with E-state index < -0.39 is 6.10 Å². The van der Waals surface area contributed by atoms with Gasteiger partial charge in [0, 0.05) is 12.8 Å². The predicted molar refractivity (Wildman–Crippen MR) is 269 cm³/mol. The zero-order valence-corrected chi connectivity index (χ0v) is 40.1. The van der Waals surface area contributed by atoms with E-state index in [1.54, 1.807) is 0 Å². The lowest BCUT2D eigenvalue weighted by Gasteiger charge is -2.15. The van der Waals surface area contributed by atoms with Crippen LogP contribution in [0.4, 0.5) is 0 Å². The van der Waals surface area contributed by atoms with Gasteiger partial charge in [-0.2, -0.15) is 0 Å². The van der Waals surface area contributed by atoms with Crippen LogP contribution in [0.25, 0.3) is 0 Å². The highest BCUT2D eigenvalue weighted by atomic mass is 16.6. The van der Waals surface area contributed by atoms with Crippen LogP contribution < -0.4 is 0 Å². The molecule has 5 nitrogen and oxygen atoms in total. The topological polar surface area (TPSA) is 72.8 Å². The van der Waals surface area contributed by atoms with Gasteiger partial charge in [0.1, 0.15) is 6.61 Å². The van der Waals surface area contributed by atoms with Crippen molar-refractivity contribution in [3.8, 4) is 0 Å². The van der Waals surface area contributed by atoms with Gasteiger partial charge >= 0.3 is 11.9 Å². The number of carbonyl (C=O) groups is 2. The largest absolute Gasteiger partial charge is 0.462 e. The minimum atomic E-state index is -0.787. The second-order valence-electron chi connectivity index (χ2n) is 16.5. The van der Waals surface area contributed by atoms with Gasteiger partial charge in [-0.1, -0.05) is 232 Å². The number of aliphatic hydroxyl groups is 1. The highest BCUT2D eigenvalue weighted by molar-refractivity contribution is 5.70. The average Bonchev–Trinajstić information content (AvgIpc) is 3.28. The third-order valence-corrected chi connectivity index (χ3v) is 10.6. The molecule has 1 atom stereocenters. The Morgan fingerprint density at radius 2 is 0.694 bits per heavy atom. The summed E-state index contributed by atoms with van der Waals surface area (Å²) in [4.78, 5) is 24.4. The van der Waals surface area contributed by atoms with Crippen molar-refractivity contribution in [1.82, 2.24) is 0 Å². The van der Waals surface area contributed by atoms with E-state index in [9.17, 15) is 14.7 Å². The number of ether oxygens (including phenoxy) is 2.